The average Bonchev–Trinajstić information content (AvgIpc) is 2.46. The molecule has 0 aliphatic carbocycles. The maximum absolute atomic E-state index is 12.1. The molecule has 0 amide bonds. The van der Waals surface area contributed by atoms with Gasteiger partial charge >= 0.3 is 0 Å². The van der Waals surface area contributed by atoms with Gasteiger partial charge in [-0.2, -0.15) is 0 Å². The normalized spacial score (nSPS) is 11.5. The summed E-state index contributed by atoms with van der Waals surface area (Å²) in [5, 5.41) is 0.388. The number of benzene rings is 2. The summed E-state index contributed by atoms with van der Waals surface area (Å²) in [4.78, 5) is 0.155. The van der Waals surface area contributed by atoms with E-state index in [2.05, 4.69) is 4.72 Å². The van der Waals surface area contributed by atoms with E-state index in [0.29, 0.717) is 10.9 Å². The zero-order chi connectivity index (χ0) is 14.6. The van der Waals surface area contributed by atoms with Crippen molar-refractivity contribution in [3.8, 4) is 0 Å². The largest absolute Gasteiger partial charge is 0.240 e. The molecule has 3 nitrogen and oxygen atoms in total. The molecule has 0 aliphatic heterocycles. The van der Waals surface area contributed by atoms with Gasteiger partial charge in [0.2, 0.25) is 10.0 Å². The third kappa shape index (κ3) is 3.96. The van der Waals surface area contributed by atoms with Crippen molar-refractivity contribution in [2.45, 2.75) is 17.3 Å². The molecule has 0 radical (unpaired) electrons. The van der Waals surface area contributed by atoms with Crippen LogP contribution in [0.4, 0.5) is 0 Å². The third-order valence-electron chi connectivity index (χ3n) is 2.75. The Bertz CT molecular complexity index is 685. The van der Waals surface area contributed by atoms with Gasteiger partial charge in [-0.05, 0) is 29.3 Å². The SMILES string of the molecule is O=S(=O)(NCc1ccc(CCl)cc1)c1cccc(Cl)c1. The van der Waals surface area contributed by atoms with Gasteiger partial charge in [0.15, 0.2) is 0 Å². The minimum atomic E-state index is -3.56. The summed E-state index contributed by atoms with van der Waals surface area (Å²) in [7, 11) is -3.56. The fraction of sp³-hybridized carbons (Fsp3) is 0.143. The molecule has 2 aromatic rings. The molecule has 0 unspecified atom stereocenters. The maximum atomic E-state index is 12.1. The molecule has 0 heterocycles. The number of nitrogens with one attached hydrogen (secondary N) is 1. The second-order valence-electron chi connectivity index (χ2n) is 4.23. The van der Waals surface area contributed by atoms with Gasteiger partial charge in [-0.1, -0.05) is 41.9 Å². The first-order chi connectivity index (χ1) is 9.51. The first-order valence-electron chi connectivity index (χ1n) is 5.90. The second kappa shape index (κ2) is 6.59. The lowest BCUT2D eigenvalue weighted by Gasteiger charge is -2.07. The van der Waals surface area contributed by atoms with Gasteiger partial charge in [-0.3, -0.25) is 0 Å². The Balaban J connectivity index is 2.09. The summed E-state index contributed by atoms with van der Waals surface area (Å²) in [6, 6.07) is 13.6. The number of sulfonamides is 1. The Hall–Kier alpha value is -1.07. The Kier molecular flexibility index (Phi) is 5.05. The van der Waals surface area contributed by atoms with Gasteiger partial charge < -0.3 is 0 Å². The monoisotopic (exact) mass is 329 g/mol. The molecule has 2 aromatic carbocycles. The minimum Gasteiger partial charge on any atom is -0.207 e. The topological polar surface area (TPSA) is 46.2 Å². The highest BCUT2D eigenvalue weighted by atomic mass is 35.5. The molecular weight excluding hydrogens is 317 g/mol. The predicted molar refractivity (Wildman–Crippen MR) is 81.5 cm³/mol. The van der Waals surface area contributed by atoms with Crippen molar-refractivity contribution in [3.63, 3.8) is 0 Å². The quantitative estimate of drug-likeness (QED) is 0.852. The number of alkyl halides is 1. The van der Waals surface area contributed by atoms with E-state index in [1.165, 1.54) is 12.1 Å². The van der Waals surface area contributed by atoms with E-state index in [1.807, 2.05) is 24.3 Å². The van der Waals surface area contributed by atoms with Gasteiger partial charge in [-0.25, -0.2) is 13.1 Å². The Morgan fingerprint density at radius 3 is 2.25 bits per heavy atom. The molecule has 0 atom stereocenters. The summed E-state index contributed by atoms with van der Waals surface area (Å²) >= 11 is 11.5. The fourth-order valence-corrected chi connectivity index (χ4v) is 3.14. The van der Waals surface area contributed by atoms with Crippen molar-refractivity contribution in [3.05, 3.63) is 64.7 Å². The molecule has 0 aliphatic rings. The molecule has 2 rings (SSSR count). The van der Waals surface area contributed by atoms with E-state index in [4.69, 9.17) is 23.2 Å². The van der Waals surface area contributed by atoms with Crippen LogP contribution in [-0.4, -0.2) is 8.42 Å². The summed E-state index contributed by atoms with van der Waals surface area (Å²) in [5.74, 6) is 0.439. The second-order valence-corrected chi connectivity index (χ2v) is 6.70. The minimum absolute atomic E-state index is 0.155. The molecule has 0 spiro atoms. The summed E-state index contributed by atoms with van der Waals surface area (Å²) in [6.07, 6.45) is 0. The number of halogens is 2. The highest BCUT2D eigenvalue weighted by Gasteiger charge is 2.13. The number of rotatable bonds is 5. The van der Waals surface area contributed by atoms with Gasteiger partial charge in [-0.15, -0.1) is 11.6 Å². The zero-order valence-corrected chi connectivity index (χ0v) is 12.8. The van der Waals surface area contributed by atoms with Crippen molar-refractivity contribution in [1.82, 2.24) is 4.72 Å². The van der Waals surface area contributed by atoms with Crippen LogP contribution < -0.4 is 4.72 Å². The van der Waals surface area contributed by atoms with Crippen LogP contribution in [0.15, 0.2) is 53.4 Å². The van der Waals surface area contributed by atoms with Gasteiger partial charge in [0.25, 0.3) is 0 Å². The van der Waals surface area contributed by atoms with Crippen molar-refractivity contribution in [1.29, 1.82) is 0 Å². The van der Waals surface area contributed by atoms with E-state index in [-0.39, 0.29) is 11.4 Å². The Labute approximate surface area is 128 Å². The molecule has 0 bridgehead atoms. The smallest absolute Gasteiger partial charge is 0.207 e. The van der Waals surface area contributed by atoms with Crippen LogP contribution in [0.3, 0.4) is 0 Å². The van der Waals surface area contributed by atoms with Gasteiger partial charge in [0.05, 0.1) is 4.90 Å². The zero-order valence-electron chi connectivity index (χ0n) is 10.5. The first-order valence-corrected chi connectivity index (χ1v) is 8.30. The van der Waals surface area contributed by atoms with E-state index in [0.717, 1.165) is 11.1 Å². The molecule has 0 saturated carbocycles. The molecule has 1 N–H and O–H groups in total. The van der Waals surface area contributed by atoms with Crippen molar-refractivity contribution in [2.24, 2.45) is 0 Å². The van der Waals surface area contributed by atoms with Crippen LogP contribution in [0.2, 0.25) is 5.02 Å². The van der Waals surface area contributed by atoms with Crippen molar-refractivity contribution >= 4 is 33.2 Å². The summed E-state index contributed by atoms with van der Waals surface area (Å²) in [6.45, 7) is 0.220. The van der Waals surface area contributed by atoms with Crippen LogP contribution in [0.25, 0.3) is 0 Å². The van der Waals surface area contributed by atoms with E-state index in [1.54, 1.807) is 12.1 Å². The van der Waals surface area contributed by atoms with Crippen molar-refractivity contribution < 1.29 is 8.42 Å². The van der Waals surface area contributed by atoms with E-state index in [9.17, 15) is 8.42 Å². The van der Waals surface area contributed by atoms with E-state index >= 15 is 0 Å². The highest BCUT2D eigenvalue weighted by molar-refractivity contribution is 7.89. The van der Waals surface area contributed by atoms with E-state index < -0.39 is 10.0 Å². The molecule has 106 valence electrons. The first kappa shape index (κ1) is 15.3. The summed E-state index contributed by atoms with van der Waals surface area (Å²) < 4.78 is 26.7. The molecule has 6 heteroatoms. The molecule has 20 heavy (non-hydrogen) atoms. The molecule has 0 saturated heterocycles. The Morgan fingerprint density at radius 1 is 1.00 bits per heavy atom. The maximum Gasteiger partial charge on any atom is 0.240 e. The van der Waals surface area contributed by atoms with Gasteiger partial charge in [0, 0.05) is 17.4 Å². The lowest BCUT2D eigenvalue weighted by molar-refractivity contribution is 0.581. The molecular formula is C14H13Cl2NO2S. The van der Waals surface area contributed by atoms with Crippen LogP contribution in [-0.2, 0) is 22.4 Å². The number of hydrogen-bond acceptors (Lipinski definition) is 2. The molecule has 0 aromatic heterocycles. The third-order valence-corrected chi connectivity index (χ3v) is 4.69. The lowest BCUT2D eigenvalue weighted by atomic mass is 10.1. The highest BCUT2D eigenvalue weighted by Crippen LogP contribution is 2.15. The van der Waals surface area contributed by atoms with Crippen LogP contribution in [0.1, 0.15) is 11.1 Å². The standard InChI is InChI=1S/C14H13Cl2NO2S/c15-9-11-4-6-12(7-5-11)10-17-20(18,19)14-3-1-2-13(16)8-14/h1-8,17H,9-10H2. The average molecular weight is 330 g/mol. The van der Waals surface area contributed by atoms with Crippen molar-refractivity contribution in [2.75, 3.05) is 0 Å². The fourth-order valence-electron chi connectivity index (χ4n) is 1.64. The lowest BCUT2D eigenvalue weighted by Crippen LogP contribution is -2.23. The molecule has 0 fully saturated rings. The Morgan fingerprint density at radius 2 is 1.65 bits per heavy atom. The van der Waals surface area contributed by atoms with Crippen LogP contribution in [0, 0.1) is 0 Å². The number of hydrogen-bond donors (Lipinski definition) is 1. The van der Waals surface area contributed by atoms with Gasteiger partial charge in [0.1, 0.15) is 0 Å². The summed E-state index contributed by atoms with van der Waals surface area (Å²) in [5.41, 5.74) is 1.86. The van der Waals surface area contributed by atoms with Crippen LogP contribution in [0.5, 0.6) is 0 Å². The predicted octanol–water partition coefficient (Wildman–Crippen LogP) is 3.56. The van der Waals surface area contributed by atoms with Crippen LogP contribution >= 0.6 is 23.2 Å².